The average Bonchev–Trinajstić information content (AvgIpc) is 2.71. The van der Waals surface area contributed by atoms with Crippen molar-refractivity contribution in [2.75, 3.05) is 13.2 Å². The number of alkyl halides is 7. The highest BCUT2D eigenvalue weighted by Gasteiger charge is 2.67. The molecule has 4 bridgehead atoms. The third-order valence-electron chi connectivity index (χ3n) is 7.83. The van der Waals surface area contributed by atoms with Crippen LogP contribution in [0.5, 0.6) is 0 Å². The molecule has 4 aliphatic carbocycles. The molecule has 0 heterocycles. The monoisotopic (exact) mass is 570 g/mol. The molecule has 0 radical (unpaired) electrons. The van der Waals surface area contributed by atoms with Crippen LogP contribution in [-0.4, -0.2) is 66.3 Å². The van der Waals surface area contributed by atoms with Gasteiger partial charge in [-0.3, -0.25) is 4.55 Å². The Hall–Kier alpha value is -1.45. The minimum absolute atomic E-state index is 0.144. The van der Waals surface area contributed by atoms with Crippen LogP contribution in [0.4, 0.5) is 30.7 Å². The molecule has 0 aromatic rings. The van der Waals surface area contributed by atoms with Crippen molar-refractivity contribution in [1.29, 1.82) is 0 Å². The van der Waals surface area contributed by atoms with E-state index in [0.29, 0.717) is 26.2 Å². The van der Waals surface area contributed by atoms with Gasteiger partial charge in [0.15, 0.2) is 5.60 Å². The lowest BCUT2D eigenvalue weighted by molar-refractivity contribution is -0.311. The molecule has 0 aromatic heterocycles. The van der Waals surface area contributed by atoms with Gasteiger partial charge in [0.05, 0.1) is 18.8 Å². The molecule has 0 saturated heterocycles. The molecule has 0 aromatic carbocycles. The third kappa shape index (κ3) is 5.64. The minimum Gasteiger partial charge on any atom is -0.455 e. The van der Waals surface area contributed by atoms with E-state index in [1.807, 2.05) is 0 Å². The number of rotatable bonds is 11. The Labute approximate surface area is 209 Å². The molecule has 214 valence electrons. The molecular weight excluding hydrogens is 541 g/mol. The number of halogens is 7. The van der Waals surface area contributed by atoms with Crippen molar-refractivity contribution < 1.29 is 63.1 Å². The standard InChI is InChI=1S/C22H29F7O7S/c1-12(11-35-4-3-20(23,24)22(28,29)37(32,33)34)16(30)36-17(18(2,31)21(25,26)27)19-8-13-5-14(9-19)7-15(6-13)10-19/h13-15,17,31H,1,3-11H2,2H3,(H,32,33,34). The van der Waals surface area contributed by atoms with Gasteiger partial charge in [-0.1, -0.05) is 6.58 Å². The summed E-state index contributed by atoms with van der Waals surface area (Å²) in [6, 6.07) is 0. The summed E-state index contributed by atoms with van der Waals surface area (Å²) in [5.74, 6) is -6.18. The maximum absolute atomic E-state index is 13.9. The first-order valence-electron chi connectivity index (χ1n) is 11.6. The first-order chi connectivity index (χ1) is 16.6. The van der Waals surface area contributed by atoms with E-state index in [0.717, 1.165) is 19.3 Å². The third-order valence-corrected chi connectivity index (χ3v) is 8.77. The Morgan fingerprint density at radius 2 is 1.49 bits per heavy atom. The first-order valence-corrected chi connectivity index (χ1v) is 13.1. The minimum atomic E-state index is -6.43. The second kappa shape index (κ2) is 9.63. The number of carbonyl (C=O) groups excluding carboxylic acids is 1. The largest absolute Gasteiger partial charge is 0.455 e. The van der Waals surface area contributed by atoms with Crippen molar-refractivity contribution >= 4 is 16.1 Å². The molecule has 2 atom stereocenters. The van der Waals surface area contributed by atoms with Gasteiger partial charge in [-0.2, -0.15) is 39.2 Å². The van der Waals surface area contributed by atoms with E-state index in [-0.39, 0.29) is 17.8 Å². The Bertz CT molecular complexity index is 972. The van der Waals surface area contributed by atoms with E-state index >= 15 is 0 Å². The first kappa shape index (κ1) is 30.1. The van der Waals surface area contributed by atoms with Gasteiger partial charge in [0.1, 0.15) is 6.10 Å². The Morgan fingerprint density at radius 1 is 1.03 bits per heavy atom. The summed E-state index contributed by atoms with van der Waals surface area (Å²) in [6.07, 6.45) is -5.42. The smallest absolute Gasteiger partial charge is 0.431 e. The Kier molecular flexibility index (Phi) is 7.83. The van der Waals surface area contributed by atoms with Crippen LogP contribution in [0.1, 0.15) is 51.9 Å². The zero-order valence-corrected chi connectivity index (χ0v) is 20.7. The van der Waals surface area contributed by atoms with Crippen LogP contribution in [0.15, 0.2) is 12.2 Å². The second-order valence-electron chi connectivity index (χ2n) is 10.8. The molecule has 37 heavy (non-hydrogen) atoms. The van der Waals surface area contributed by atoms with Crippen molar-refractivity contribution in [3.8, 4) is 0 Å². The molecule has 4 saturated carbocycles. The maximum atomic E-state index is 13.9. The van der Waals surface area contributed by atoms with Gasteiger partial charge in [0.2, 0.25) is 0 Å². The van der Waals surface area contributed by atoms with E-state index in [2.05, 4.69) is 11.3 Å². The average molecular weight is 571 g/mol. The second-order valence-corrected chi connectivity index (χ2v) is 12.3. The molecule has 0 amide bonds. The number of hydrogen-bond donors (Lipinski definition) is 2. The molecule has 2 N–H and O–H groups in total. The summed E-state index contributed by atoms with van der Waals surface area (Å²) in [4.78, 5) is 12.6. The zero-order valence-electron chi connectivity index (χ0n) is 19.9. The highest BCUT2D eigenvalue weighted by molar-refractivity contribution is 7.87. The van der Waals surface area contributed by atoms with Gasteiger partial charge in [-0.15, -0.1) is 0 Å². The van der Waals surface area contributed by atoms with E-state index in [9.17, 15) is 49.1 Å². The summed E-state index contributed by atoms with van der Waals surface area (Å²) in [5, 5.41) is 4.76. The molecule has 0 spiro atoms. The molecule has 7 nitrogen and oxygen atoms in total. The lowest BCUT2D eigenvalue weighted by Gasteiger charge is -2.60. The lowest BCUT2D eigenvalue weighted by Crippen LogP contribution is -2.64. The summed E-state index contributed by atoms with van der Waals surface area (Å²) in [7, 11) is -6.43. The van der Waals surface area contributed by atoms with E-state index in [1.165, 1.54) is 0 Å². The summed E-state index contributed by atoms with van der Waals surface area (Å²) >= 11 is 0. The van der Waals surface area contributed by atoms with Crippen molar-refractivity contribution in [2.24, 2.45) is 23.2 Å². The van der Waals surface area contributed by atoms with Crippen molar-refractivity contribution in [1.82, 2.24) is 0 Å². The number of aliphatic hydroxyl groups is 1. The van der Waals surface area contributed by atoms with Gasteiger partial charge in [-0.05, 0) is 63.2 Å². The highest BCUT2D eigenvalue weighted by atomic mass is 32.2. The van der Waals surface area contributed by atoms with Gasteiger partial charge >= 0.3 is 33.4 Å². The molecule has 2 unspecified atom stereocenters. The summed E-state index contributed by atoms with van der Waals surface area (Å²) in [5.41, 5.74) is -5.15. The molecule has 4 aliphatic rings. The summed E-state index contributed by atoms with van der Waals surface area (Å²) < 4.78 is 134. The fraction of sp³-hybridized carbons (Fsp3) is 0.864. The predicted octanol–water partition coefficient (Wildman–Crippen LogP) is 4.51. The zero-order chi connectivity index (χ0) is 28.2. The van der Waals surface area contributed by atoms with Crippen LogP contribution >= 0.6 is 0 Å². The normalized spacial score (nSPS) is 30.6. The fourth-order valence-corrected chi connectivity index (χ4v) is 6.94. The number of carbonyl (C=O) groups is 1. The topological polar surface area (TPSA) is 110 Å². The number of ether oxygens (including phenoxy) is 2. The summed E-state index contributed by atoms with van der Waals surface area (Å²) in [6.45, 7) is 1.69. The van der Waals surface area contributed by atoms with Gasteiger partial charge in [0, 0.05) is 11.8 Å². The van der Waals surface area contributed by atoms with E-state index < -0.39 is 75.8 Å². The number of hydrogen-bond acceptors (Lipinski definition) is 6. The van der Waals surface area contributed by atoms with Gasteiger partial charge in [0.25, 0.3) is 0 Å². The van der Waals surface area contributed by atoms with Gasteiger partial charge < -0.3 is 14.6 Å². The van der Waals surface area contributed by atoms with Crippen molar-refractivity contribution in [3.63, 3.8) is 0 Å². The molecular formula is C22H29F7O7S. The van der Waals surface area contributed by atoms with Crippen LogP contribution in [-0.2, 0) is 24.4 Å². The SMILES string of the molecule is C=C(COCCC(F)(F)C(F)(F)S(=O)(=O)O)C(=O)OC(C12CC3CC(CC(C3)C1)C2)C(C)(O)C(F)(F)F. The highest BCUT2D eigenvalue weighted by Crippen LogP contribution is 2.63. The van der Waals surface area contributed by atoms with Crippen LogP contribution in [0.3, 0.4) is 0 Å². The van der Waals surface area contributed by atoms with E-state index in [4.69, 9.17) is 9.29 Å². The van der Waals surface area contributed by atoms with Crippen LogP contribution in [0.2, 0.25) is 0 Å². The molecule has 4 rings (SSSR count). The van der Waals surface area contributed by atoms with Crippen LogP contribution in [0.25, 0.3) is 0 Å². The van der Waals surface area contributed by atoms with Crippen molar-refractivity contribution in [2.45, 2.75) is 80.9 Å². The predicted molar refractivity (Wildman–Crippen MR) is 113 cm³/mol. The lowest BCUT2D eigenvalue weighted by atomic mass is 9.47. The van der Waals surface area contributed by atoms with Crippen molar-refractivity contribution in [3.05, 3.63) is 12.2 Å². The Balaban J connectivity index is 1.67. The molecule has 4 fully saturated rings. The quantitative estimate of drug-likeness (QED) is 0.124. The molecule has 15 heteroatoms. The van der Waals surface area contributed by atoms with Crippen LogP contribution < -0.4 is 0 Å². The number of esters is 1. The van der Waals surface area contributed by atoms with Crippen LogP contribution in [0, 0.1) is 23.2 Å². The molecule has 0 aliphatic heterocycles. The Morgan fingerprint density at radius 3 is 1.89 bits per heavy atom. The van der Waals surface area contributed by atoms with E-state index in [1.54, 1.807) is 0 Å². The fourth-order valence-electron chi connectivity index (χ4n) is 6.46. The van der Waals surface area contributed by atoms with Gasteiger partial charge in [-0.25, -0.2) is 4.79 Å². The maximum Gasteiger partial charge on any atom is 0.431 e.